The van der Waals surface area contributed by atoms with Gasteiger partial charge in [0.05, 0.1) is 24.7 Å². The van der Waals surface area contributed by atoms with Gasteiger partial charge < -0.3 is 14.2 Å². The highest BCUT2D eigenvalue weighted by atomic mass is 16.6. The zero-order valence-electron chi connectivity index (χ0n) is 15.1. The molecule has 0 aromatic heterocycles. The third kappa shape index (κ3) is 5.04. The van der Waals surface area contributed by atoms with Crippen LogP contribution in [0.3, 0.4) is 0 Å². The molecule has 0 heterocycles. The molecule has 8 heteroatoms. The minimum atomic E-state index is -0.995. The van der Waals surface area contributed by atoms with Crippen molar-refractivity contribution in [3.63, 3.8) is 0 Å². The molecular formula is C19H19NO7. The van der Waals surface area contributed by atoms with E-state index >= 15 is 0 Å². The Morgan fingerprint density at radius 2 is 1.67 bits per heavy atom. The lowest BCUT2D eigenvalue weighted by Gasteiger charge is -2.16. The molecule has 1 unspecified atom stereocenters. The molecule has 0 aliphatic carbocycles. The van der Waals surface area contributed by atoms with Gasteiger partial charge in [-0.05, 0) is 36.8 Å². The molecule has 0 aliphatic heterocycles. The van der Waals surface area contributed by atoms with E-state index in [0.29, 0.717) is 11.5 Å². The number of nitrogens with zero attached hydrogens (tertiary/aromatic N) is 1. The molecule has 8 nitrogen and oxygen atoms in total. The van der Waals surface area contributed by atoms with E-state index in [-0.39, 0.29) is 23.5 Å². The van der Waals surface area contributed by atoms with Crippen LogP contribution in [0.2, 0.25) is 0 Å². The van der Waals surface area contributed by atoms with E-state index in [9.17, 15) is 19.7 Å². The summed E-state index contributed by atoms with van der Waals surface area (Å²) in [6, 6.07) is 10.1. The number of rotatable bonds is 8. The summed E-state index contributed by atoms with van der Waals surface area (Å²) in [6.45, 7) is 1.33. The Labute approximate surface area is 155 Å². The zero-order valence-corrected chi connectivity index (χ0v) is 15.1. The summed E-state index contributed by atoms with van der Waals surface area (Å²) in [6.07, 6.45) is -0.834. The minimum absolute atomic E-state index is 0.124. The van der Waals surface area contributed by atoms with Crippen LogP contribution in [-0.4, -0.2) is 37.0 Å². The number of non-ortho nitro benzene ring substituents is 1. The third-order valence-corrected chi connectivity index (χ3v) is 3.89. The molecule has 2 aromatic carbocycles. The molecule has 0 aliphatic rings. The number of hydrogen-bond donors (Lipinski definition) is 0. The van der Waals surface area contributed by atoms with Crippen molar-refractivity contribution in [2.45, 2.75) is 19.4 Å². The van der Waals surface area contributed by atoms with Crippen molar-refractivity contribution in [2.75, 3.05) is 14.2 Å². The van der Waals surface area contributed by atoms with Gasteiger partial charge in [-0.15, -0.1) is 0 Å². The molecule has 1 atom stereocenters. The predicted molar refractivity (Wildman–Crippen MR) is 96.2 cm³/mol. The normalized spacial score (nSPS) is 11.4. The van der Waals surface area contributed by atoms with Crippen molar-refractivity contribution in [1.29, 1.82) is 0 Å². The number of Topliss-reactive ketones (excluding diaryl/α,β-unsaturated/α-hetero) is 1. The number of carbonyl (C=O) groups is 2. The van der Waals surface area contributed by atoms with E-state index in [1.165, 1.54) is 45.4 Å². The van der Waals surface area contributed by atoms with Crippen molar-refractivity contribution in [1.82, 2.24) is 0 Å². The smallest absolute Gasteiger partial charge is 0.338 e. The summed E-state index contributed by atoms with van der Waals surface area (Å²) in [5, 5.41) is 10.7. The van der Waals surface area contributed by atoms with Crippen LogP contribution >= 0.6 is 0 Å². The number of carbonyl (C=O) groups excluding carboxylic acids is 2. The fourth-order valence-electron chi connectivity index (χ4n) is 2.41. The second-order valence-electron chi connectivity index (χ2n) is 5.70. The van der Waals surface area contributed by atoms with E-state index in [1.54, 1.807) is 18.2 Å². The average molecular weight is 373 g/mol. The van der Waals surface area contributed by atoms with Crippen LogP contribution in [0.4, 0.5) is 5.69 Å². The highest BCUT2D eigenvalue weighted by molar-refractivity contribution is 5.92. The first kappa shape index (κ1) is 19.9. The van der Waals surface area contributed by atoms with E-state index in [2.05, 4.69) is 0 Å². The van der Waals surface area contributed by atoms with E-state index in [4.69, 9.17) is 14.2 Å². The van der Waals surface area contributed by atoms with Crippen LogP contribution in [0.15, 0.2) is 42.5 Å². The monoisotopic (exact) mass is 373 g/mol. The van der Waals surface area contributed by atoms with Crippen molar-refractivity contribution in [3.8, 4) is 11.5 Å². The van der Waals surface area contributed by atoms with Gasteiger partial charge in [0.2, 0.25) is 0 Å². The number of methoxy groups -OCH3 is 2. The molecule has 2 rings (SSSR count). The molecule has 142 valence electrons. The summed E-state index contributed by atoms with van der Waals surface area (Å²) in [7, 11) is 3.01. The number of nitro benzene ring substituents is 1. The SMILES string of the molecule is COc1ccc(CC(OC(=O)c2ccc([N+](=O)[O-])cc2)C(C)=O)cc1OC. The molecule has 0 saturated carbocycles. The van der Waals surface area contributed by atoms with Gasteiger partial charge >= 0.3 is 5.97 Å². The molecule has 0 bridgehead atoms. The summed E-state index contributed by atoms with van der Waals surface area (Å²) in [4.78, 5) is 34.3. The summed E-state index contributed by atoms with van der Waals surface area (Å²) < 4.78 is 15.7. The van der Waals surface area contributed by atoms with E-state index < -0.39 is 17.0 Å². The average Bonchev–Trinajstić information content (AvgIpc) is 2.67. The van der Waals surface area contributed by atoms with Gasteiger partial charge in [0.1, 0.15) is 0 Å². The van der Waals surface area contributed by atoms with Gasteiger partial charge in [0.25, 0.3) is 5.69 Å². The topological polar surface area (TPSA) is 105 Å². The predicted octanol–water partition coefficient (Wildman–Crippen LogP) is 2.97. The fourth-order valence-corrected chi connectivity index (χ4v) is 2.41. The molecule has 0 N–H and O–H groups in total. The minimum Gasteiger partial charge on any atom is -0.493 e. The Morgan fingerprint density at radius 1 is 1.04 bits per heavy atom. The Kier molecular flexibility index (Phi) is 6.48. The number of benzene rings is 2. The first-order valence-electron chi connectivity index (χ1n) is 8.02. The standard InChI is InChI=1S/C19H19NO7/c1-12(21)17(10-13-4-9-16(25-2)18(11-13)26-3)27-19(22)14-5-7-15(8-6-14)20(23)24/h4-9,11,17H,10H2,1-3H3. The lowest BCUT2D eigenvalue weighted by Crippen LogP contribution is -2.27. The van der Waals surface area contributed by atoms with Gasteiger partial charge in [0, 0.05) is 18.6 Å². The largest absolute Gasteiger partial charge is 0.493 e. The second-order valence-corrected chi connectivity index (χ2v) is 5.70. The second kappa shape index (κ2) is 8.79. The van der Waals surface area contributed by atoms with Gasteiger partial charge in [0.15, 0.2) is 23.4 Å². The molecule has 2 aromatic rings. The van der Waals surface area contributed by atoms with Crippen molar-refractivity contribution in [3.05, 3.63) is 63.7 Å². The van der Waals surface area contributed by atoms with Crippen LogP contribution in [-0.2, 0) is 16.0 Å². The summed E-state index contributed by atoms with van der Waals surface area (Å²) in [5.74, 6) is -0.00637. The molecule has 0 fully saturated rings. The van der Waals surface area contributed by atoms with Crippen LogP contribution in [0, 0.1) is 10.1 Å². The highest BCUT2D eigenvalue weighted by Crippen LogP contribution is 2.28. The molecular weight excluding hydrogens is 354 g/mol. The summed E-state index contributed by atoms with van der Waals surface area (Å²) >= 11 is 0. The van der Waals surface area contributed by atoms with Gasteiger partial charge in [-0.1, -0.05) is 6.07 Å². The Balaban J connectivity index is 2.14. The third-order valence-electron chi connectivity index (χ3n) is 3.89. The number of hydrogen-bond acceptors (Lipinski definition) is 7. The van der Waals surface area contributed by atoms with Crippen molar-refractivity contribution >= 4 is 17.4 Å². The lowest BCUT2D eigenvalue weighted by molar-refractivity contribution is -0.384. The molecule has 0 radical (unpaired) electrons. The number of nitro groups is 1. The van der Waals surface area contributed by atoms with E-state index in [0.717, 1.165) is 5.56 Å². The first-order valence-corrected chi connectivity index (χ1v) is 8.02. The quantitative estimate of drug-likeness (QED) is 0.398. The fraction of sp³-hybridized carbons (Fsp3) is 0.263. The molecule has 0 saturated heterocycles. The number of ether oxygens (including phenoxy) is 3. The Bertz CT molecular complexity index is 846. The maximum atomic E-state index is 12.3. The molecule has 27 heavy (non-hydrogen) atoms. The molecule has 0 spiro atoms. The summed E-state index contributed by atoms with van der Waals surface area (Å²) in [5.41, 5.74) is 0.712. The maximum absolute atomic E-state index is 12.3. The van der Waals surface area contributed by atoms with Crippen molar-refractivity contribution < 1.29 is 28.7 Å². The Morgan fingerprint density at radius 3 is 2.19 bits per heavy atom. The van der Waals surface area contributed by atoms with Crippen LogP contribution in [0.5, 0.6) is 11.5 Å². The first-order chi connectivity index (χ1) is 12.8. The Hall–Kier alpha value is -3.42. The highest BCUT2D eigenvalue weighted by Gasteiger charge is 2.22. The van der Waals surface area contributed by atoms with Crippen LogP contribution < -0.4 is 9.47 Å². The molecule has 0 amide bonds. The van der Waals surface area contributed by atoms with Gasteiger partial charge in [-0.2, -0.15) is 0 Å². The maximum Gasteiger partial charge on any atom is 0.338 e. The lowest BCUT2D eigenvalue weighted by atomic mass is 10.0. The van der Waals surface area contributed by atoms with Crippen LogP contribution in [0.25, 0.3) is 0 Å². The van der Waals surface area contributed by atoms with E-state index in [1.807, 2.05) is 0 Å². The van der Waals surface area contributed by atoms with Gasteiger partial charge in [-0.25, -0.2) is 4.79 Å². The number of ketones is 1. The van der Waals surface area contributed by atoms with Gasteiger partial charge in [-0.3, -0.25) is 14.9 Å². The zero-order chi connectivity index (χ0) is 20.0. The van der Waals surface area contributed by atoms with Crippen LogP contribution in [0.1, 0.15) is 22.8 Å². The van der Waals surface area contributed by atoms with Crippen molar-refractivity contribution in [2.24, 2.45) is 0 Å². The number of esters is 1.